The molecule has 1 saturated carbocycles. The van der Waals surface area contributed by atoms with Crippen molar-refractivity contribution < 1.29 is 14.7 Å². The molecule has 0 radical (unpaired) electrons. The van der Waals surface area contributed by atoms with E-state index in [9.17, 15) is 14.7 Å². The van der Waals surface area contributed by atoms with E-state index in [1.54, 1.807) is 6.20 Å². The van der Waals surface area contributed by atoms with E-state index in [1.165, 1.54) is 43.4 Å². The van der Waals surface area contributed by atoms with Gasteiger partial charge in [0.25, 0.3) is 5.91 Å². The van der Waals surface area contributed by atoms with Crippen LogP contribution >= 0.6 is 11.3 Å². The van der Waals surface area contributed by atoms with Crippen LogP contribution in [0.2, 0.25) is 0 Å². The van der Waals surface area contributed by atoms with Crippen LogP contribution in [0.25, 0.3) is 21.3 Å². The predicted molar refractivity (Wildman–Crippen MR) is 177 cm³/mol. The van der Waals surface area contributed by atoms with Crippen LogP contribution in [0.1, 0.15) is 76.7 Å². The number of pyridine rings is 1. The first-order valence-electron chi connectivity index (χ1n) is 15.8. The Bertz CT molecular complexity index is 1860. The number of anilines is 2. The lowest BCUT2D eigenvalue weighted by atomic mass is 9.89. The molecule has 0 spiro atoms. The molecule has 1 fully saturated rings. The van der Waals surface area contributed by atoms with Crippen molar-refractivity contribution in [3.8, 4) is 11.1 Å². The molecule has 2 aromatic carbocycles. The van der Waals surface area contributed by atoms with E-state index in [1.807, 2.05) is 48.5 Å². The number of aromatic nitrogens is 4. The molecule has 230 valence electrons. The van der Waals surface area contributed by atoms with Crippen molar-refractivity contribution >= 4 is 44.4 Å². The minimum absolute atomic E-state index is 0.0204. The van der Waals surface area contributed by atoms with Crippen molar-refractivity contribution in [2.45, 2.75) is 65.0 Å². The Morgan fingerprint density at radius 2 is 1.84 bits per heavy atom. The fourth-order valence-corrected chi connectivity index (χ4v) is 7.73. The molecule has 1 amide bonds. The Morgan fingerprint density at radius 1 is 1.00 bits per heavy atom. The second-order valence-electron chi connectivity index (χ2n) is 12.0. The third kappa shape index (κ3) is 5.82. The summed E-state index contributed by atoms with van der Waals surface area (Å²) in [6, 6.07) is 17.4. The summed E-state index contributed by atoms with van der Waals surface area (Å²) in [4.78, 5) is 37.4. The van der Waals surface area contributed by atoms with Crippen LogP contribution in [0.3, 0.4) is 0 Å². The van der Waals surface area contributed by atoms with Gasteiger partial charge in [-0.2, -0.15) is 5.10 Å². The number of carbonyl (C=O) groups excluding carboxylic acids is 1. The van der Waals surface area contributed by atoms with Crippen LogP contribution in [0.15, 0.2) is 60.8 Å². The molecule has 10 heteroatoms. The number of amides is 1. The maximum Gasteiger partial charge on any atom is 0.355 e. The maximum absolute atomic E-state index is 13.5. The molecule has 1 aliphatic heterocycles. The molecule has 9 nitrogen and oxygen atoms in total. The van der Waals surface area contributed by atoms with Crippen LogP contribution in [0, 0.1) is 5.92 Å². The molecule has 0 unspecified atom stereocenters. The number of carboxylic acids is 1. The number of aromatic carboxylic acids is 1. The average molecular weight is 621 g/mol. The third-order valence-electron chi connectivity index (χ3n) is 9.17. The van der Waals surface area contributed by atoms with E-state index >= 15 is 0 Å². The van der Waals surface area contributed by atoms with Gasteiger partial charge in [0, 0.05) is 42.0 Å². The van der Waals surface area contributed by atoms with Gasteiger partial charge in [-0.15, -0.1) is 0 Å². The number of nitrogens with one attached hydrogen (secondary N) is 1. The Labute approximate surface area is 265 Å². The van der Waals surface area contributed by atoms with Crippen molar-refractivity contribution in [3.05, 3.63) is 88.9 Å². The number of para-hydroxylation sites is 1. The second-order valence-corrected chi connectivity index (χ2v) is 13.0. The summed E-state index contributed by atoms with van der Waals surface area (Å²) in [5.41, 5.74) is 5.96. The van der Waals surface area contributed by atoms with Crippen molar-refractivity contribution in [1.29, 1.82) is 0 Å². The normalized spacial score (nSPS) is 15.3. The number of hydrogen-bond donors (Lipinski definition) is 2. The highest BCUT2D eigenvalue weighted by Crippen LogP contribution is 2.33. The number of carbonyl (C=O) groups is 2. The minimum atomic E-state index is -1.07. The highest BCUT2D eigenvalue weighted by atomic mass is 32.1. The third-order valence-corrected chi connectivity index (χ3v) is 10.1. The Morgan fingerprint density at radius 3 is 2.64 bits per heavy atom. The van der Waals surface area contributed by atoms with Gasteiger partial charge in [0.2, 0.25) is 0 Å². The molecule has 3 aromatic heterocycles. The number of thiazole rings is 1. The highest BCUT2D eigenvalue weighted by Gasteiger charge is 2.26. The molecule has 5 aromatic rings. The van der Waals surface area contributed by atoms with Gasteiger partial charge in [0.05, 0.1) is 16.4 Å². The van der Waals surface area contributed by atoms with Crippen LogP contribution in [-0.2, 0) is 25.9 Å². The first kappa shape index (κ1) is 29.2. The van der Waals surface area contributed by atoms with Crippen LogP contribution in [0.4, 0.5) is 10.9 Å². The first-order chi connectivity index (χ1) is 22.0. The SMILES string of the molecule is CCc1c(-c2ccc(N3CCc4cccc(C(=O)Nc5nc6ccccc6s5)c4C3)nc2C(=O)O)cnn1CC1CCCCC1. The lowest BCUT2D eigenvalue weighted by Crippen LogP contribution is -2.33. The lowest BCUT2D eigenvalue weighted by molar-refractivity contribution is 0.0691. The molecule has 7 rings (SSSR count). The highest BCUT2D eigenvalue weighted by molar-refractivity contribution is 7.22. The molecule has 2 N–H and O–H groups in total. The van der Waals surface area contributed by atoms with Gasteiger partial charge in [0.15, 0.2) is 10.8 Å². The summed E-state index contributed by atoms with van der Waals surface area (Å²) in [5, 5.41) is 18.5. The standard InChI is InChI=1S/C35H36N6O3S/c1-2-29-26(19-36-41(29)20-22-9-4-3-5-10-22)24-15-16-31(38-32(24)34(43)44)40-18-17-23-11-8-12-25(27(23)21-40)33(42)39-35-37-28-13-6-7-14-30(28)45-35/h6-8,11-16,19,22H,2-5,9-10,17-18,20-21H2,1H3,(H,43,44)(H,37,39,42). The fraction of sp³-hybridized carbons (Fsp3) is 0.343. The lowest BCUT2D eigenvalue weighted by Gasteiger charge is -2.31. The molecule has 1 aliphatic carbocycles. The van der Waals surface area contributed by atoms with Crippen molar-refractivity contribution in [3.63, 3.8) is 0 Å². The van der Waals surface area contributed by atoms with E-state index < -0.39 is 5.97 Å². The molecule has 0 bridgehead atoms. The molecule has 2 aliphatic rings. The zero-order chi connectivity index (χ0) is 30.9. The first-order valence-corrected chi connectivity index (χ1v) is 16.6. The van der Waals surface area contributed by atoms with Crippen LogP contribution in [0.5, 0.6) is 0 Å². The number of fused-ring (bicyclic) bond motifs is 2. The van der Waals surface area contributed by atoms with E-state index in [4.69, 9.17) is 10.1 Å². The van der Waals surface area contributed by atoms with Crippen molar-refractivity contribution in [2.24, 2.45) is 5.92 Å². The Hall–Kier alpha value is -4.57. The summed E-state index contributed by atoms with van der Waals surface area (Å²) in [6.07, 6.45) is 9.57. The molecular weight excluding hydrogens is 584 g/mol. The quantitative estimate of drug-likeness (QED) is 0.188. The van der Waals surface area contributed by atoms with E-state index in [0.29, 0.717) is 41.1 Å². The van der Waals surface area contributed by atoms with Crippen molar-refractivity contribution in [2.75, 3.05) is 16.8 Å². The van der Waals surface area contributed by atoms with E-state index in [2.05, 4.69) is 32.9 Å². The molecule has 4 heterocycles. The van der Waals surface area contributed by atoms with E-state index in [0.717, 1.165) is 52.0 Å². The van der Waals surface area contributed by atoms with Gasteiger partial charge in [-0.3, -0.25) is 14.8 Å². The summed E-state index contributed by atoms with van der Waals surface area (Å²) in [5.74, 6) is -0.0795. The number of nitrogens with zero attached hydrogens (tertiary/aromatic N) is 5. The molecule has 0 atom stereocenters. The summed E-state index contributed by atoms with van der Waals surface area (Å²) in [7, 11) is 0. The predicted octanol–water partition coefficient (Wildman–Crippen LogP) is 7.21. The largest absolute Gasteiger partial charge is 0.476 e. The number of hydrogen-bond acceptors (Lipinski definition) is 7. The van der Waals surface area contributed by atoms with Gasteiger partial charge >= 0.3 is 5.97 Å². The summed E-state index contributed by atoms with van der Waals surface area (Å²) < 4.78 is 3.09. The average Bonchev–Trinajstić information content (AvgIpc) is 3.67. The van der Waals surface area contributed by atoms with Crippen LogP contribution < -0.4 is 10.2 Å². The summed E-state index contributed by atoms with van der Waals surface area (Å²) >= 11 is 1.45. The topological polar surface area (TPSA) is 113 Å². The second kappa shape index (κ2) is 12.4. The minimum Gasteiger partial charge on any atom is -0.476 e. The Kier molecular flexibility index (Phi) is 8.06. The fourth-order valence-electron chi connectivity index (χ4n) is 6.86. The van der Waals surface area contributed by atoms with Gasteiger partial charge < -0.3 is 10.0 Å². The Balaban J connectivity index is 1.15. The zero-order valence-electron chi connectivity index (χ0n) is 25.3. The molecule has 0 saturated heterocycles. The molecule has 45 heavy (non-hydrogen) atoms. The van der Waals surface area contributed by atoms with Gasteiger partial charge in [-0.05, 0) is 73.1 Å². The van der Waals surface area contributed by atoms with Crippen LogP contribution in [-0.4, -0.2) is 43.3 Å². The molecular formula is C35H36N6O3S. The number of carboxylic acid groups (broad SMARTS) is 1. The maximum atomic E-state index is 13.5. The van der Waals surface area contributed by atoms with Gasteiger partial charge in [-0.1, -0.05) is 61.8 Å². The monoisotopic (exact) mass is 620 g/mol. The van der Waals surface area contributed by atoms with E-state index in [-0.39, 0.29) is 11.6 Å². The zero-order valence-corrected chi connectivity index (χ0v) is 26.1. The van der Waals surface area contributed by atoms with Gasteiger partial charge in [0.1, 0.15) is 5.82 Å². The number of benzene rings is 2. The van der Waals surface area contributed by atoms with Gasteiger partial charge in [-0.25, -0.2) is 14.8 Å². The summed E-state index contributed by atoms with van der Waals surface area (Å²) in [6.45, 7) is 4.08. The number of rotatable bonds is 8. The van der Waals surface area contributed by atoms with Crippen molar-refractivity contribution in [1.82, 2.24) is 19.7 Å². The smallest absolute Gasteiger partial charge is 0.355 e.